The molecule has 0 aliphatic carbocycles. The number of amides is 2. The summed E-state index contributed by atoms with van der Waals surface area (Å²) in [5.41, 5.74) is 4.43. The summed E-state index contributed by atoms with van der Waals surface area (Å²) in [6.07, 6.45) is 0. The first kappa shape index (κ1) is 21.7. The van der Waals surface area contributed by atoms with Crippen molar-refractivity contribution in [3.8, 4) is 0 Å². The maximum atomic E-state index is 13.2. The SMILES string of the molecule is Cc1cccc(C)c1NC(=O)CNC(=O)c1cc2c(C)nn(Cc3ccc(F)cc3)c2s1. The number of fused-ring (bicyclic) bond motifs is 1. The van der Waals surface area contributed by atoms with Crippen molar-refractivity contribution in [2.45, 2.75) is 27.3 Å². The Morgan fingerprint density at radius 3 is 2.44 bits per heavy atom. The molecule has 8 heteroatoms. The van der Waals surface area contributed by atoms with Crippen LogP contribution in [0.1, 0.15) is 32.1 Å². The Bertz CT molecular complexity index is 1290. The second kappa shape index (κ2) is 8.92. The third kappa shape index (κ3) is 4.55. The molecule has 0 aliphatic heterocycles. The van der Waals surface area contributed by atoms with Crippen LogP contribution in [0.15, 0.2) is 48.5 Å². The minimum Gasteiger partial charge on any atom is -0.342 e. The molecule has 0 unspecified atom stereocenters. The van der Waals surface area contributed by atoms with Crippen LogP contribution in [0.3, 0.4) is 0 Å². The molecule has 2 aromatic heterocycles. The van der Waals surface area contributed by atoms with Gasteiger partial charge in [0, 0.05) is 11.1 Å². The predicted molar refractivity (Wildman–Crippen MR) is 125 cm³/mol. The smallest absolute Gasteiger partial charge is 0.261 e. The number of benzene rings is 2. The fraction of sp³-hybridized carbons (Fsp3) is 0.208. The van der Waals surface area contributed by atoms with Gasteiger partial charge in [-0.3, -0.25) is 14.3 Å². The molecule has 2 heterocycles. The van der Waals surface area contributed by atoms with E-state index in [4.69, 9.17) is 0 Å². The van der Waals surface area contributed by atoms with Gasteiger partial charge in [0.05, 0.1) is 23.7 Å². The van der Waals surface area contributed by atoms with Crippen molar-refractivity contribution in [3.63, 3.8) is 0 Å². The molecule has 32 heavy (non-hydrogen) atoms. The van der Waals surface area contributed by atoms with Crippen LogP contribution < -0.4 is 10.6 Å². The molecule has 164 valence electrons. The van der Waals surface area contributed by atoms with E-state index in [2.05, 4.69) is 15.7 Å². The van der Waals surface area contributed by atoms with Crippen LogP contribution in [0, 0.1) is 26.6 Å². The average Bonchev–Trinajstić information content (AvgIpc) is 3.32. The third-order valence-corrected chi connectivity index (χ3v) is 6.38. The number of carbonyl (C=O) groups excluding carboxylic acids is 2. The molecule has 2 aromatic carbocycles. The number of anilines is 1. The lowest BCUT2D eigenvalue weighted by molar-refractivity contribution is -0.115. The standard InChI is InChI=1S/C24H23FN4O2S/c1-14-5-4-6-15(2)22(14)27-21(30)12-26-23(31)20-11-19-16(3)28-29(24(19)32-20)13-17-7-9-18(25)10-8-17/h4-11H,12-13H2,1-3H3,(H,26,31)(H,27,30). The van der Waals surface area contributed by atoms with Gasteiger partial charge in [-0.1, -0.05) is 30.3 Å². The molecule has 4 rings (SSSR count). The highest BCUT2D eigenvalue weighted by atomic mass is 32.1. The van der Waals surface area contributed by atoms with Crippen molar-refractivity contribution in [1.29, 1.82) is 0 Å². The lowest BCUT2D eigenvalue weighted by atomic mass is 10.1. The van der Waals surface area contributed by atoms with E-state index < -0.39 is 0 Å². The molecule has 0 saturated carbocycles. The number of aryl methyl sites for hydroxylation is 3. The van der Waals surface area contributed by atoms with E-state index in [1.54, 1.807) is 18.2 Å². The van der Waals surface area contributed by atoms with Gasteiger partial charge in [-0.2, -0.15) is 5.10 Å². The number of para-hydroxylation sites is 1. The van der Waals surface area contributed by atoms with E-state index in [0.717, 1.165) is 38.3 Å². The van der Waals surface area contributed by atoms with Gasteiger partial charge < -0.3 is 10.6 Å². The second-order valence-electron chi connectivity index (χ2n) is 7.70. The highest BCUT2D eigenvalue weighted by Crippen LogP contribution is 2.29. The van der Waals surface area contributed by atoms with Crippen LogP contribution in [0.5, 0.6) is 0 Å². The van der Waals surface area contributed by atoms with E-state index in [9.17, 15) is 14.0 Å². The van der Waals surface area contributed by atoms with E-state index in [1.807, 2.05) is 43.7 Å². The summed E-state index contributed by atoms with van der Waals surface area (Å²) < 4.78 is 15.0. The molecule has 2 amide bonds. The van der Waals surface area contributed by atoms with E-state index in [-0.39, 0.29) is 24.2 Å². The first-order valence-corrected chi connectivity index (χ1v) is 11.0. The van der Waals surface area contributed by atoms with Crippen molar-refractivity contribution in [2.24, 2.45) is 0 Å². The Balaban J connectivity index is 1.44. The molecule has 0 saturated heterocycles. The maximum Gasteiger partial charge on any atom is 0.261 e. The van der Waals surface area contributed by atoms with E-state index in [0.29, 0.717) is 11.4 Å². The zero-order valence-corrected chi connectivity index (χ0v) is 18.8. The maximum absolute atomic E-state index is 13.2. The molecule has 0 fully saturated rings. The highest BCUT2D eigenvalue weighted by Gasteiger charge is 2.17. The fourth-order valence-corrected chi connectivity index (χ4v) is 4.61. The Labute approximate surface area is 189 Å². The molecule has 6 nitrogen and oxygen atoms in total. The molecule has 0 atom stereocenters. The number of halogens is 1. The summed E-state index contributed by atoms with van der Waals surface area (Å²) in [7, 11) is 0. The first-order valence-electron chi connectivity index (χ1n) is 10.2. The summed E-state index contributed by atoms with van der Waals surface area (Å²) in [6.45, 7) is 6.09. The molecule has 0 spiro atoms. The van der Waals surface area contributed by atoms with Gasteiger partial charge in [-0.05, 0) is 55.7 Å². The van der Waals surface area contributed by atoms with E-state index >= 15 is 0 Å². The van der Waals surface area contributed by atoms with Crippen LogP contribution in [0.2, 0.25) is 0 Å². The van der Waals surface area contributed by atoms with Crippen LogP contribution >= 0.6 is 11.3 Å². The van der Waals surface area contributed by atoms with Gasteiger partial charge in [0.1, 0.15) is 10.6 Å². The number of aromatic nitrogens is 2. The molecular weight excluding hydrogens is 427 g/mol. The Kier molecular flexibility index (Phi) is 6.05. The lowest BCUT2D eigenvalue weighted by Gasteiger charge is -2.11. The van der Waals surface area contributed by atoms with Gasteiger partial charge in [0.15, 0.2) is 0 Å². The lowest BCUT2D eigenvalue weighted by Crippen LogP contribution is -2.32. The second-order valence-corrected chi connectivity index (χ2v) is 8.73. The van der Waals surface area contributed by atoms with Gasteiger partial charge in [-0.15, -0.1) is 11.3 Å². The quantitative estimate of drug-likeness (QED) is 0.452. The average molecular weight is 451 g/mol. The zero-order valence-electron chi connectivity index (χ0n) is 18.0. The largest absolute Gasteiger partial charge is 0.342 e. The monoisotopic (exact) mass is 450 g/mol. The topological polar surface area (TPSA) is 76.0 Å². The zero-order chi connectivity index (χ0) is 22.8. The summed E-state index contributed by atoms with van der Waals surface area (Å²) in [5.74, 6) is -0.877. The third-order valence-electron chi connectivity index (χ3n) is 5.23. The normalized spacial score (nSPS) is 11.0. The molecule has 2 N–H and O–H groups in total. The van der Waals surface area contributed by atoms with Crippen LogP contribution in [0.25, 0.3) is 10.2 Å². The first-order chi connectivity index (χ1) is 15.3. The van der Waals surface area contributed by atoms with Gasteiger partial charge in [-0.25, -0.2) is 4.39 Å². The van der Waals surface area contributed by atoms with Crippen molar-refractivity contribution < 1.29 is 14.0 Å². The predicted octanol–water partition coefficient (Wildman–Crippen LogP) is 4.58. The number of thiophene rings is 1. The highest BCUT2D eigenvalue weighted by molar-refractivity contribution is 7.20. The number of nitrogens with zero attached hydrogens (tertiary/aromatic N) is 2. The summed E-state index contributed by atoms with van der Waals surface area (Å²) in [5, 5.41) is 11.0. The van der Waals surface area contributed by atoms with Crippen molar-refractivity contribution >= 4 is 39.1 Å². The molecule has 4 aromatic rings. The fourth-order valence-electron chi connectivity index (χ4n) is 3.54. The Hall–Kier alpha value is -3.52. The number of nitrogens with one attached hydrogen (secondary N) is 2. The van der Waals surface area contributed by atoms with Crippen molar-refractivity contribution in [1.82, 2.24) is 15.1 Å². The van der Waals surface area contributed by atoms with Gasteiger partial charge in [0.2, 0.25) is 5.91 Å². The number of rotatable bonds is 6. The molecule has 0 bridgehead atoms. The van der Waals surface area contributed by atoms with Crippen LogP contribution in [-0.2, 0) is 11.3 Å². The van der Waals surface area contributed by atoms with E-state index in [1.165, 1.54) is 23.5 Å². The Morgan fingerprint density at radius 2 is 1.75 bits per heavy atom. The Morgan fingerprint density at radius 1 is 1.06 bits per heavy atom. The summed E-state index contributed by atoms with van der Waals surface area (Å²) in [4.78, 5) is 26.4. The van der Waals surface area contributed by atoms with Gasteiger partial charge >= 0.3 is 0 Å². The molecular formula is C24H23FN4O2S. The van der Waals surface area contributed by atoms with Crippen molar-refractivity contribution in [3.05, 3.63) is 81.6 Å². The van der Waals surface area contributed by atoms with Crippen LogP contribution in [-0.4, -0.2) is 28.1 Å². The van der Waals surface area contributed by atoms with Crippen LogP contribution in [0.4, 0.5) is 10.1 Å². The summed E-state index contributed by atoms with van der Waals surface area (Å²) in [6, 6.07) is 13.8. The minimum absolute atomic E-state index is 0.123. The molecule has 0 aliphatic rings. The van der Waals surface area contributed by atoms with Gasteiger partial charge in [0.25, 0.3) is 5.91 Å². The number of hydrogen-bond donors (Lipinski definition) is 2. The number of hydrogen-bond acceptors (Lipinski definition) is 4. The minimum atomic E-state index is -0.310. The van der Waals surface area contributed by atoms with Crippen molar-refractivity contribution in [2.75, 3.05) is 11.9 Å². The number of carbonyl (C=O) groups is 2. The molecule has 0 radical (unpaired) electrons. The summed E-state index contributed by atoms with van der Waals surface area (Å²) >= 11 is 1.32.